The summed E-state index contributed by atoms with van der Waals surface area (Å²) < 4.78 is 11.4. The first-order chi connectivity index (χ1) is 14.1. The SMILES string of the molecule is COc1cc(/C=C/C(=O)Nc2ccccc2Cl)ccc1OCc1ccccc1C. The van der Waals surface area contributed by atoms with E-state index in [1.807, 2.05) is 48.5 Å². The number of nitrogens with one attached hydrogen (secondary N) is 1. The van der Waals surface area contributed by atoms with Crippen LogP contribution < -0.4 is 14.8 Å². The lowest BCUT2D eigenvalue weighted by Gasteiger charge is -2.12. The number of hydrogen-bond acceptors (Lipinski definition) is 3. The number of benzene rings is 3. The van der Waals surface area contributed by atoms with Gasteiger partial charge in [0.25, 0.3) is 0 Å². The van der Waals surface area contributed by atoms with Gasteiger partial charge in [-0.25, -0.2) is 0 Å². The Morgan fingerprint density at radius 2 is 1.79 bits per heavy atom. The Morgan fingerprint density at radius 3 is 2.55 bits per heavy atom. The zero-order valence-corrected chi connectivity index (χ0v) is 17.1. The van der Waals surface area contributed by atoms with Gasteiger partial charge in [-0.3, -0.25) is 4.79 Å². The summed E-state index contributed by atoms with van der Waals surface area (Å²) in [5, 5.41) is 3.24. The largest absolute Gasteiger partial charge is 0.493 e. The van der Waals surface area contributed by atoms with Crippen LogP contribution >= 0.6 is 11.6 Å². The Hall–Kier alpha value is -3.24. The van der Waals surface area contributed by atoms with E-state index < -0.39 is 0 Å². The first-order valence-electron chi connectivity index (χ1n) is 9.16. The lowest BCUT2D eigenvalue weighted by atomic mass is 10.1. The number of halogens is 1. The summed E-state index contributed by atoms with van der Waals surface area (Å²) in [6.07, 6.45) is 3.16. The quantitative estimate of drug-likeness (QED) is 0.497. The highest BCUT2D eigenvalue weighted by molar-refractivity contribution is 6.33. The average Bonchev–Trinajstić information content (AvgIpc) is 2.73. The van der Waals surface area contributed by atoms with Gasteiger partial charge in [0.2, 0.25) is 5.91 Å². The number of methoxy groups -OCH3 is 1. The van der Waals surface area contributed by atoms with Crippen molar-refractivity contribution in [3.63, 3.8) is 0 Å². The maximum absolute atomic E-state index is 12.1. The molecule has 4 nitrogen and oxygen atoms in total. The molecule has 0 aromatic heterocycles. The number of amides is 1. The van der Waals surface area contributed by atoms with Crippen molar-refractivity contribution in [3.8, 4) is 11.5 Å². The second-order valence-electron chi connectivity index (χ2n) is 6.43. The molecule has 0 aliphatic heterocycles. The van der Waals surface area contributed by atoms with Gasteiger partial charge in [-0.15, -0.1) is 0 Å². The van der Waals surface area contributed by atoms with Crippen molar-refractivity contribution in [2.45, 2.75) is 13.5 Å². The summed E-state index contributed by atoms with van der Waals surface area (Å²) in [6, 6.07) is 20.7. The Bertz CT molecular complexity index is 1030. The predicted molar refractivity (Wildman–Crippen MR) is 118 cm³/mol. The molecule has 1 amide bonds. The molecule has 0 heterocycles. The van der Waals surface area contributed by atoms with Gasteiger partial charge in [-0.1, -0.05) is 54.1 Å². The molecular weight excluding hydrogens is 386 g/mol. The Kier molecular flexibility index (Phi) is 6.93. The van der Waals surface area contributed by atoms with E-state index in [0.717, 1.165) is 11.1 Å². The average molecular weight is 408 g/mol. The van der Waals surface area contributed by atoms with Gasteiger partial charge in [0, 0.05) is 6.08 Å². The highest BCUT2D eigenvalue weighted by Crippen LogP contribution is 2.29. The zero-order chi connectivity index (χ0) is 20.6. The first-order valence-corrected chi connectivity index (χ1v) is 9.53. The third kappa shape index (κ3) is 5.62. The fourth-order valence-electron chi connectivity index (χ4n) is 2.74. The fourth-order valence-corrected chi connectivity index (χ4v) is 2.93. The lowest BCUT2D eigenvalue weighted by Crippen LogP contribution is -2.07. The van der Waals surface area contributed by atoms with E-state index in [9.17, 15) is 4.79 Å². The van der Waals surface area contributed by atoms with E-state index in [-0.39, 0.29) is 5.91 Å². The molecule has 0 bridgehead atoms. The van der Waals surface area contributed by atoms with Gasteiger partial charge in [0.1, 0.15) is 6.61 Å². The minimum atomic E-state index is -0.267. The normalized spacial score (nSPS) is 10.7. The van der Waals surface area contributed by atoms with Crippen LogP contribution in [0, 0.1) is 6.92 Å². The molecule has 0 unspecified atom stereocenters. The molecule has 29 heavy (non-hydrogen) atoms. The molecular formula is C24H22ClNO3. The number of carbonyl (C=O) groups excluding carboxylic acids is 1. The number of carbonyl (C=O) groups is 1. The number of rotatable bonds is 7. The van der Waals surface area contributed by atoms with Crippen LogP contribution in [-0.4, -0.2) is 13.0 Å². The Labute approximate surface area is 175 Å². The van der Waals surface area contributed by atoms with E-state index in [0.29, 0.717) is 28.8 Å². The van der Waals surface area contributed by atoms with E-state index in [4.69, 9.17) is 21.1 Å². The van der Waals surface area contributed by atoms with Crippen LogP contribution in [0.1, 0.15) is 16.7 Å². The molecule has 1 N–H and O–H groups in total. The van der Waals surface area contributed by atoms with Gasteiger partial charge in [-0.05, 0) is 54.0 Å². The van der Waals surface area contributed by atoms with Crippen molar-refractivity contribution in [3.05, 3.63) is 94.5 Å². The van der Waals surface area contributed by atoms with Crippen LogP contribution in [0.5, 0.6) is 11.5 Å². The van der Waals surface area contributed by atoms with Crippen LogP contribution in [0.4, 0.5) is 5.69 Å². The summed E-state index contributed by atoms with van der Waals surface area (Å²) in [5.74, 6) is 0.984. The summed E-state index contributed by atoms with van der Waals surface area (Å²) in [6.45, 7) is 2.51. The third-order valence-corrected chi connectivity index (χ3v) is 4.72. The standard InChI is InChI=1S/C24H22ClNO3/c1-17-7-3-4-8-19(17)16-29-22-13-11-18(15-23(22)28-2)12-14-24(27)26-21-10-6-5-9-20(21)25/h3-15H,16H2,1-2H3,(H,26,27)/b14-12+. The van der Waals surface area contributed by atoms with Crippen LogP contribution in [0.3, 0.4) is 0 Å². The number of para-hydroxylation sites is 1. The molecule has 0 spiro atoms. The van der Waals surface area contributed by atoms with E-state index in [1.54, 1.807) is 25.3 Å². The molecule has 0 fully saturated rings. The van der Waals surface area contributed by atoms with Crippen LogP contribution in [-0.2, 0) is 11.4 Å². The van der Waals surface area contributed by atoms with Gasteiger partial charge in [0.05, 0.1) is 17.8 Å². The zero-order valence-electron chi connectivity index (χ0n) is 16.3. The Morgan fingerprint density at radius 1 is 1.03 bits per heavy atom. The van der Waals surface area contributed by atoms with Gasteiger partial charge in [0.15, 0.2) is 11.5 Å². The van der Waals surface area contributed by atoms with E-state index in [2.05, 4.69) is 18.3 Å². The molecule has 0 aliphatic rings. The van der Waals surface area contributed by atoms with E-state index >= 15 is 0 Å². The number of ether oxygens (including phenoxy) is 2. The maximum Gasteiger partial charge on any atom is 0.248 e. The molecule has 3 rings (SSSR count). The molecule has 5 heteroatoms. The van der Waals surface area contributed by atoms with Crippen molar-refractivity contribution in [2.24, 2.45) is 0 Å². The molecule has 0 radical (unpaired) electrons. The van der Waals surface area contributed by atoms with Gasteiger partial charge >= 0.3 is 0 Å². The summed E-state index contributed by atoms with van der Waals surface area (Å²) in [5.41, 5.74) is 3.69. The number of hydrogen-bond donors (Lipinski definition) is 1. The summed E-state index contributed by atoms with van der Waals surface area (Å²) in [4.78, 5) is 12.1. The number of anilines is 1. The molecule has 3 aromatic carbocycles. The van der Waals surface area contributed by atoms with Crippen molar-refractivity contribution in [1.82, 2.24) is 0 Å². The van der Waals surface area contributed by atoms with Crippen LogP contribution in [0.15, 0.2) is 72.8 Å². The topological polar surface area (TPSA) is 47.6 Å². The highest BCUT2D eigenvalue weighted by atomic mass is 35.5. The lowest BCUT2D eigenvalue weighted by molar-refractivity contribution is -0.111. The minimum Gasteiger partial charge on any atom is -0.493 e. The number of aryl methyl sites for hydroxylation is 1. The summed E-state index contributed by atoms with van der Waals surface area (Å²) >= 11 is 6.06. The second-order valence-corrected chi connectivity index (χ2v) is 6.84. The van der Waals surface area contributed by atoms with Crippen molar-refractivity contribution in [2.75, 3.05) is 12.4 Å². The molecule has 0 aliphatic carbocycles. The first kappa shape index (κ1) is 20.5. The Balaban J connectivity index is 1.66. The predicted octanol–water partition coefficient (Wildman–Crippen LogP) is 5.89. The summed E-state index contributed by atoms with van der Waals surface area (Å²) in [7, 11) is 1.59. The molecule has 148 valence electrons. The van der Waals surface area contributed by atoms with Crippen molar-refractivity contribution in [1.29, 1.82) is 0 Å². The highest BCUT2D eigenvalue weighted by Gasteiger charge is 2.07. The minimum absolute atomic E-state index is 0.267. The van der Waals surface area contributed by atoms with Crippen LogP contribution in [0.2, 0.25) is 5.02 Å². The van der Waals surface area contributed by atoms with Gasteiger partial charge in [-0.2, -0.15) is 0 Å². The van der Waals surface area contributed by atoms with Crippen molar-refractivity contribution >= 4 is 29.3 Å². The molecule has 0 atom stereocenters. The van der Waals surface area contributed by atoms with Crippen molar-refractivity contribution < 1.29 is 14.3 Å². The smallest absolute Gasteiger partial charge is 0.248 e. The second kappa shape index (κ2) is 9.80. The van der Waals surface area contributed by atoms with Gasteiger partial charge < -0.3 is 14.8 Å². The third-order valence-electron chi connectivity index (χ3n) is 4.39. The van der Waals surface area contributed by atoms with E-state index in [1.165, 1.54) is 11.6 Å². The molecule has 0 saturated heterocycles. The molecule has 0 saturated carbocycles. The maximum atomic E-state index is 12.1. The monoisotopic (exact) mass is 407 g/mol. The van der Waals surface area contributed by atoms with Crippen LogP contribution in [0.25, 0.3) is 6.08 Å². The fraction of sp³-hybridized carbons (Fsp3) is 0.125. The molecule has 3 aromatic rings.